The first-order chi connectivity index (χ1) is 19.4. The van der Waals surface area contributed by atoms with Gasteiger partial charge in [-0.15, -0.1) is 0 Å². The van der Waals surface area contributed by atoms with Crippen molar-refractivity contribution >= 4 is 46.4 Å². The summed E-state index contributed by atoms with van der Waals surface area (Å²) in [6.07, 6.45) is 1.99. The Morgan fingerprint density at radius 3 is 2.10 bits per heavy atom. The summed E-state index contributed by atoms with van der Waals surface area (Å²) in [5.41, 5.74) is 23.3. The van der Waals surface area contributed by atoms with E-state index in [0.717, 1.165) is 10.9 Å². The van der Waals surface area contributed by atoms with Gasteiger partial charge in [0.15, 0.2) is 0 Å². The van der Waals surface area contributed by atoms with E-state index in [1.165, 1.54) is 0 Å². The molecule has 5 amide bonds. The number of carboxylic acids is 1. The van der Waals surface area contributed by atoms with Gasteiger partial charge in [0.05, 0.1) is 12.5 Å². The first-order valence-corrected chi connectivity index (χ1v) is 13.1. The molecule has 2 aromatic rings. The molecule has 0 saturated heterocycles. The summed E-state index contributed by atoms with van der Waals surface area (Å²) in [7, 11) is 0. The number of amides is 5. The Morgan fingerprint density at radius 2 is 1.46 bits per heavy atom. The number of rotatable bonds is 18. The number of carbonyl (C=O) groups is 6. The molecule has 4 unspecified atom stereocenters. The molecule has 15 nitrogen and oxygen atoms in total. The summed E-state index contributed by atoms with van der Waals surface area (Å²) >= 11 is 0. The van der Waals surface area contributed by atoms with Gasteiger partial charge in [0, 0.05) is 29.9 Å². The van der Waals surface area contributed by atoms with Gasteiger partial charge in [-0.3, -0.25) is 24.0 Å². The number of nitrogens with one attached hydrogen (secondary N) is 4. The highest BCUT2D eigenvalue weighted by atomic mass is 16.4. The Balaban J connectivity index is 2.27. The van der Waals surface area contributed by atoms with E-state index in [4.69, 9.17) is 22.9 Å². The number of fused-ring (bicyclic) bond motifs is 1. The van der Waals surface area contributed by atoms with Gasteiger partial charge in [0.25, 0.3) is 0 Å². The molecule has 0 saturated carbocycles. The third kappa shape index (κ3) is 10.5. The molecule has 1 heterocycles. The van der Waals surface area contributed by atoms with E-state index < -0.39 is 66.1 Å². The molecule has 224 valence electrons. The van der Waals surface area contributed by atoms with Gasteiger partial charge in [-0.25, -0.2) is 4.79 Å². The number of hydrogen-bond donors (Lipinski definition) is 9. The predicted octanol–water partition coefficient (Wildman–Crippen LogP) is -2.15. The van der Waals surface area contributed by atoms with Gasteiger partial charge in [-0.1, -0.05) is 24.6 Å². The zero-order valence-electron chi connectivity index (χ0n) is 22.6. The van der Waals surface area contributed by atoms with Crippen molar-refractivity contribution in [2.75, 3.05) is 6.54 Å². The lowest BCUT2D eigenvalue weighted by Crippen LogP contribution is -2.58. The van der Waals surface area contributed by atoms with E-state index in [1.807, 2.05) is 24.3 Å². The predicted molar refractivity (Wildman–Crippen MR) is 149 cm³/mol. The fraction of sp³-hybridized carbons (Fsp3) is 0.462. The van der Waals surface area contributed by atoms with Crippen LogP contribution in [-0.4, -0.2) is 76.3 Å². The van der Waals surface area contributed by atoms with Crippen LogP contribution in [0.15, 0.2) is 30.5 Å². The summed E-state index contributed by atoms with van der Waals surface area (Å²) in [6, 6.07) is 2.07. The number of benzene rings is 1. The minimum atomic E-state index is -1.57. The lowest BCUT2D eigenvalue weighted by Gasteiger charge is -2.25. The largest absolute Gasteiger partial charge is 0.480 e. The number of primary amides is 2. The SMILES string of the molecule is NCCCCC(N)C(=O)NC(Cc1c[nH]c2ccccc12)C(=O)NC(CC(N)=O)C(=O)NC(CCC(N)=O)C(=O)O. The van der Waals surface area contributed by atoms with Crippen molar-refractivity contribution < 1.29 is 33.9 Å². The van der Waals surface area contributed by atoms with Crippen LogP contribution < -0.4 is 38.9 Å². The molecule has 0 aliphatic heterocycles. The standard InChI is InChI=1S/C26H38N8O7/c27-10-4-3-6-16(28)23(37)33-19(11-14-13-31-17-7-2-1-5-15(14)17)24(38)34-20(12-22(30)36)25(39)32-18(26(40)41)8-9-21(29)35/h1-2,5,7,13,16,18-20,31H,3-4,6,8-12,27-28H2,(H2,29,35)(H2,30,36)(H,32,39)(H,33,37)(H,34,38)(H,40,41). The molecule has 41 heavy (non-hydrogen) atoms. The van der Waals surface area contributed by atoms with Crippen LogP contribution in [-0.2, 0) is 35.2 Å². The van der Waals surface area contributed by atoms with Gasteiger partial charge in [-0.05, 0) is 37.4 Å². The first kappa shape index (κ1) is 32.7. The van der Waals surface area contributed by atoms with Crippen molar-refractivity contribution in [2.24, 2.45) is 22.9 Å². The molecule has 1 aromatic carbocycles. The number of hydrogen-bond acceptors (Lipinski definition) is 8. The quantitative estimate of drug-likeness (QED) is 0.0876. The van der Waals surface area contributed by atoms with Crippen molar-refractivity contribution in [3.8, 4) is 0 Å². The van der Waals surface area contributed by atoms with E-state index in [1.54, 1.807) is 6.20 Å². The molecule has 0 radical (unpaired) electrons. The number of unbranched alkanes of at least 4 members (excludes halogenated alkanes) is 1. The van der Waals surface area contributed by atoms with Crippen LogP contribution >= 0.6 is 0 Å². The Labute approximate surface area is 236 Å². The van der Waals surface area contributed by atoms with E-state index in [0.29, 0.717) is 31.4 Å². The number of carboxylic acid groups (broad SMARTS) is 1. The minimum Gasteiger partial charge on any atom is -0.480 e. The van der Waals surface area contributed by atoms with Crippen LogP contribution in [0.3, 0.4) is 0 Å². The van der Waals surface area contributed by atoms with Crippen LogP contribution in [0.4, 0.5) is 0 Å². The highest BCUT2D eigenvalue weighted by Crippen LogP contribution is 2.19. The smallest absolute Gasteiger partial charge is 0.326 e. The number of H-pyrrole nitrogens is 1. The summed E-state index contributed by atoms with van der Waals surface area (Å²) in [4.78, 5) is 76.7. The monoisotopic (exact) mass is 574 g/mol. The van der Waals surface area contributed by atoms with Crippen molar-refractivity contribution in [3.05, 3.63) is 36.0 Å². The number of nitrogens with two attached hydrogens (primary N) is 4. The van der Waals surface area contributed by atoms with Crippen molar-refractivity contribution in [1.82, 2.24) is 20.9 Å². The number of para-hydroxylation sites is 1. The second kappa shape index (κ2) is 15.9. The average Bonchev–Trinajstić information content (AvgIpc) is 3.32. The second-order valence-corrected chi connectivity index (χ2v) is 9.65. The molecule has 1 aromatic heterocycles. The Hall–Kier alpha value is -4.50. The van der Waals surface area contributed by atoms with E-state index in [2.05, 4.69) is 20.9 Å². The van der Waals surface area contributed by atoms with Crippen LogP contribution in [0.5, 0.6) is 0 Å². The molecule has 0 bridgehead atoms. The number of aliphatic carboxylic acids is 1. The topological polar surface area (TPSA) is 279 Å². The van der Waals surface area contributed by atoms with Crippen LogP contribution in [0.25, 0.3) is 10.9 Å². The molecular formula is C26H38N8O7. The van der Waals surface area contributed by atoms with Crippen molar-refractivity contribution in [1.29, 1.82) is 0 Å². The lowest BCUT2D eigenvalue weighted by molar-refractivity contribution is -0.142. The molecule has 0 fully saturated rings. The summed E-state index contributed by atoms with van der Waals surface area (Å²) in [5.74, 6) is -5.63. The number of aromatic nitrogens is 1. The maximum absolute atomic E-state index is 13.5. The fourth-order valence-electron chi connectivity index (χ4n) is 4.15. The Bertz CT molecular complexity index is 1250. The van der Waals surface area contributed by atoms with Crippen LogP contribution in [0.2, 0.25) is 0 Å². The number of carbonyl (C=O) groups excluding carboxylic acids is 5. The molecule has 13 N–H and O–H groups in total. The van der Waals surface area contributed by atoms with Crippen LogP contribution in [0.1, 0.15) is 44.1 Å². The highest BCUT2D eigenvalue weighted by Gasteiger charge is 2.32. The Morgan fingerprint density at radius 1 is 0.829 bits per heavy atom. The van der Waals surface area contributed by atoms with Gasteiger partial charge < -0.3 is 49.0 Å². The third-order valence-corrected chi connectivity index (χ3v) is 6.37. The minimum absolute atomic E-state index is 0.00161. The number of aromatic amines is 1. The highest BCUT2D eigenvalue weighted by molar-refractivity contribution is 5.96. The molecule has 4 atom stereocenters. The summed E-state index contributed by atoms with van der Waals surface area (Å²) in [5, 5.41) is 17.4. The summed E-state index contributed by atoms with van der Waals surface area (Å²) in [6.45, 7) is 0.439. The van der Waals surface area contributed by atoms with Crippen molar-refractivity contribution in [3.63, 3.8) is 0 Å². The van der Waals surface area contributed by atoms with Crippen LogP contribution in [0, 0.1) is 0 Å². The van der Waals surface area contributed by atoms with E-state index in [9.17, 15) is 33.9 Å². The maximum Gasteiger partial charge on any atom is 0.326 e. The normalized spacial score (nSPS) is 13.9. The molecular weight excluding hydrogens is 536 g/mol. The first-order valence-electron chi connectivity index (χ1n) is 13.1. The van der Waals surface area contributed by atoms with Crippen molar-refractivity contribution in [2.45, 2.75) is 69.1 Å². The third-order valence-electron chi connectivity index (χ3n) is 6.37. The average molecular weight is 575 g/mol. The van der Waals surface area contributed by atoms with E-state index >= 15 is 0 Å². The molecule has 0 aliphatic rings. The molecule has 2 rings (SSSR count). The van der Waals surface area contributed by atoms with Gasteiger partial charge >= 0.3 is 5.97 Å². The molecule has 0 aliphatic carbocycles. The second-order valence-electron chi connectivity index (χ2n) is 9.65. The van der Waals surface area contributed by atoms with Gasteiger partial charge in [-0.2, -0.15) is 0 Å². The zero-order valence-corrected chi connectivity index (χ0v) is 22.6. The maximum atomic E-state index is 13.5. The Kier molecular flexibility index (Phi) is 12.7. The fourth-order valence-corrected chi connectivity index (χ4v) is 4.15. The zero-order chi connectivity index (χ0) is 30.5. The molecule has 15 heteroatoms. The summed E-state index contributed by atoms with van der Waals surface area (Å²) < 4.78 is 0. The molecule has 0 spiro atoms. The van der Waals surface area contributed by atoms with Gasteiger partial charge in [0.2, 0.25) is 29.5 Å². The lowest BCUT2D eigenvalue weighted by atomic mass is 10.0. The van der Waals surface area contributed by atoms with Gasteiger partial charge in [0.1, 0.15) is 18.1 Å². The van der Waals surface area contributed by atoms with E-state index in [-0.39, 0.29) is 19.3 Å².